The Labute approximate surface area is 80.3 Å². The molecule has 0 unspecified atom stereocenters. The highest BCUT2D eigenvalue weighted by atomic mass is 16.2. The van der Waals surface area contributed by atoms with Gasteiger partial charge in [0.25, 0.3) is 0 Å². The molecule has 1 heterocycles. The highest BCUT2D eigenvalue weighted by Crippen LogP contribution is 2.32. The maximum Gasteiger partial charge on any atom is 0.225 e. The van der Waals surface area contributed by atoms with Crippen LogP contribution in [0.2, 0.25) is 0 Å². The molecule has 0 spiro atoms. The summed E-state index contributed by atoms with van der Waals surface area (Å²) in [4.78, 5) is 13.8. The van der Waals surface area contributed by atoms with Gasteiger partial charge in [0.05, 0.1) is 0 Å². The normalized spacial score (nSPS) is 24.4. The lowest BCUT2D eigenvalue weighted by molar-refractivity contribution is -0.145. The summed E-state index contributed by atoms with van der Waals surface area (Å²) in [5.41, 5.74) is 0. The number of amides is 1. The van der Waals surface area contributed by atoms with Crippen molar-refractivity contribution in [3.05, 3.63) is 0 Å². The van der Waals surface area contributed by atoms with Gasteiger partial charge in [-0.25, -0.2) is 0 Å². The van der Waals surface area contributed by atoms with Crippen molar-refractivity contribution < 1.29 is 4.79 Å². The van der Waals surface area contributed by atoms with Crippen LogP contribution in [0.25, 0.3) is 0 Å². The van der Waals surface area contributed by atoms with Gasteiger partial charge in [-0.1, -0.05) is 20.3 Å². The first-order chi connectivity index (χ1) is 6.18. The molecule has 2 fully saturated rings. The number of nitrogens with zero attached hydrogens (tertiary/aromatic N) is 1. The fourth-order valence-corrected chi connectivity index (χ4v) is 2.03. The van der Waals surface area contributed by atoms with Crippen molar-refractivity contribution in [2.24, 2.45) is 17.8 Å². The molecule has 0 radical (unpaired) electrons. The topological polar surface area (TPSA) is 20.3 Å². The van der Waals surface area contributed by atoms with Gasteiger partial charge in [-0.2, -0.15) is 0 Å². The van der Waals surface area contributed by atoms with Gasteiger partial charge in [-0.05, 0) is 24.7 Å². The van der Waals surface area contributed by atoms with E-state index in [4.69, 9.17) is 0 Å². The van der Waals surface area contributed by atoms with E-state index in [9.17, 15) is 4.79 Å². The zero-order valence-corrected chi connectivity index (χ0v) is 8.62. The fraction of sp³-hybridized carbons (Fsp3) is 0.909. The highest BCUT2D eigenvalue weighted by Gasteiger charge is 2.37. The molecule has 1 amide bonds. The molecule has 0 aromatic carbocycles. The first kappa shape index (κ1) is 9.04. The standard InChI is InChI=1S/C11H19NO/c1-8(2)10-6-12(7-10)11(13)9-4-3-5-9/h8-10H,3-7H2,1-2H3. The van der Waals surface area contributed by atoms with Gasteiger partial charge in [-0.3, -0.25) is 4.79 Å². The van der Waals surface area contributed by atoms with E-state index in [1.54, 1.807) is 0 Å². The van der Waals surface area contributed by atoms with Gasteiger partial charge in [0, 0.05) is 19.0 Å². The van der Waals surface area contributed by atoms with Crippen LogP contribution in [0.3, 0.4) is 0 Å². The minimum atomic E-state index is 0.396. The van der Waals surface area contributed by atoms with E-state index in [1.807, 2.05) is 0 Å². The molecule has 0 N–H and O–H groups in total. The summed E-state index contributed by atoms with van der Waals surface area (Å²) in [6.07, 6.45) is 3.54. The van der Waals surface area contributed by atoms with Gasteiger partial charge in [0.1, 0.15) is 0 Å². The average Bonchev–Trinajstić information content (AvgIpc) is 1.76. The van der Waals surface area contributed by atoms with Crippen LogP contribution in [0.4, 0.5) is 0 Å². The minimum Gasteiger partial charge on any atom is -0.342 e. The molecule has 0 aromatic rings. The van der Waals surface area contributed by atoms with E-state index < -0.39 is 0 Å². The molecular formula is C11H19NO. The van der Waals surface area contributed by atoms with Crippen LogP contribution in [0, 0.1) is 17.8 Å². The Bertz CT molecular complexity index is 202. The highest BCUT2D eigenvalue weighted by molar-refractivity contribution is 5.80. The molecule has 1 aliphatic carbocycles. The third kappa shape index (κ3) is 1.59. The summed E-state index contributed by atoms with van der Waals surface area (Å²) in [5.74, 6) is 2.34. The van der Waals surface area contributed by atoms with E-state index in [0.29, 0.717) is 11.8 Å². The second-order valence-corrected chi connectivity index (χ2v) is 4.88. The summed E-state index contributed by atoms with van der Waals surface area (Å²) in [6, 6.07) is 0. The zero-order chi connectivity index (χ0) is 9.42. The number of carbonyl (C=O) groups excluding carboxylic acids is 1. The van der Waals surface area contributed by atoms with Crippen LogP contribution in [0.5, 0.6) is 0 Å². The molecule has 1 saturated carbocycles. The Morgan fingerprint density at radius 2 is 1.92 bits per heavy atom. The van der Waals surface area contributed by atoms with Crippen LogP contribution in [-0.4, -0.2) is 23.9 Å². The van der Waals surface area contributed by atoms with E-state index >= 15 is 0 Å². The van der Waals surface area contributed by atoms with Crippen molar-refractivity contribution >= 4 is 5.91 Å². The van der Waals surface area contributed by atoms with Gasteiger partial charge < -0.3 is 4.90 Å². The fourth-order valence-electron chi connectivity index (χ4n) is 2.03. The predicted octanol–water partition coefficient (Wildman–Crippen LogP) is 1.90. The molecule has 2 aliphatic rings. The van der Waals surface area contributed by atoms with E-state index in [2.05, 4.69) is 18.7 Å². The Morgan fingerprint density at radius 3 is 2.31 bits per heavy atom. The molecule has 2 rings (SSSR count). The van der Waals surface area contributed by atoms with E-state index in [1.165, 1.54) is 6.42 Å². The predicted molar refractivity (Wildman–Crippen MR) is 52.2 cm³/mol. The van der Waals surface area contributed by atoms with Crippen molar-refractivity contribution in [1.29, 1.82) is 0 Å². The summed E-state index contributed by atoms with van der Waals surface area (Å²) < 4.78 is 0. The SMILES string of the molecule is CC(C)C1CN(C(=O)C2CCC2)C1. The Balaban J connectivity index is 1.76. The smallest absolute Gasteiger partial charge is 0.225 e. The molecule has 1 aliphatic heterocycles. The third-order valence-corrected chi connectivity index (χ3v) is 3.62. The molecule has 0 bridgehead atoms. The molecule has 13 heavy (non-hydrogen) atoms. The molecule has 0 aromatic heterocycles. The lowest BCUT2D eigenvalue weighted by Crippen LogP contribution is -2.54. The molecule has 2 heteroatoms. The van der Waals surface area contributed by atoms with Crippen molar-refractivity contribution in [1.82, 2.24) is 4.90 Å². The summed E-state index contributed by atoms with van der Waals surface area (Å²) >= 11 is 0. The maximum atomic E-state index is 11.7. The Morgan fingerprint density at radius 1 is 1.31 bits per heavy atom. The Hall–Kier alpha value is -0.530. The molecule has 1 saturated heterocycles. The average molecular weight is 181 g/mol. The molecule has 2 nitrogen and oxygen atoms in total. The number of hydrogen-bond donors (Lipinski definition) is 0. The second-order valence-electron chi connectivity index (χ2n) is 4.88. The van der Waals surface area contributed by atoms with Gasteiger partial charge in [-0.15, -0.1) is 0 Å². The van der Waals surface area contributed by atoms with E-state index in [-0.39, 0.29) is 0 Å². The van der Waals surface area contributed by atoms with Crippen molar-refractivity contribution in [2.75, 3.05) is 13.1 Å². The summed E-state index contributed by atoms with van der Waals surface area (Å²) in [7, 11) is 0. The van der Waals surface area contributed by atoms with Crippen LogP contribution in [0.1, 0.15) is 33.1 Å². The lowest BCUT2D eigenvalue weighted by Gasteiger charge is -2.44. The Kier molecular flexibility index (Phi) is 2.31. The van der Waals surface area contributed by atoms with Crippen molar-refractivity contribution in [3.8, 4) is 0 Å². The third-order valence-electron chi connectivity index (χ3n) is 3.62. The summed E-state index contributed by atoms with van der Waals surface area (Å²) in [6.45, 7) is 6.53. The molecule has 0 atom stereocenters. The first-order valence-electron chi connectivity index (χ1n) is 5.47. The quantitative estimate of drug-likeness (QED) is 0.637. The number of hydrogen-bond acceptors (Lipinski definition) is 1. The van der Waals surface area contributed by atoms with Crippen LogP contribution in [-0.2, 0) is 4.79 Å². The van der Waals surface area contributed by atoms with Crippen molar-refractivity contribution in [3.63, 3.8) is 0 Å². The van der Waals surface area contributed by atoms with Crippen LogP contribution >= 0.6 is 0 Å². The molecular weight excluding hydrogens is 162 g/mol. The molecule has 74 valence electrons. The zero-order valence-electron chi connectivity index (χ0n) is 8.62. The largest absolute Gasteiger partial charge is 0.342 e. The maximum absolute atomic E-state index is 11.7. The number of rotatable bonds is 2. The first-order valence-corrected chi connectivity index (χ1v) is 5.47. The number of likely N-dealkylation sites (tertiary alicyclic amines) is 1. The van der Waals surface area contributed by atoms with Gasteiger partial charge in [0.2, 0.25) is 5.91 Å². The second kappa shape index (κ2) is 3.32. The van der Waals surface area contributed by atoms with Crippen LogP contribution < -0.4 is 0 Å². The monoisotopic (exact) mass is 181 g/mol. The van der Waals surface area contributed by atoms with Crippen molar-refractivity contribution in [2.45, 2.75) is 33.1 Å². The lowest BCUT2D eigenvalue weighted by atomic mass is 9.81. The van der Waals surface area contributed by atoms with Crippen LogP contribution in [0.15, 0.2) is 0 Å². The number of carbonyl (C=O) groups is 1. The van der Waals surface area contributed by atoms with Gasteiger partial charge in [0.15, 0.2) is 0 Å². The summed E-state index contributed by atoms with van der Waals surface area (Å²) in [5, 5.41) is 0. The van der Waals surface area contributed by atoms with E-state index in [0.717, 1.165) is 37.8 Å². The van der Waals surface area contributed by atoms with Gasteiger partial charge >= 0.3 is 0 Å². The minimum absolute atomic E-state index is 0.396.